The number of hydrogen-bond acceptors (Lipinski definition) is 6. The Morgan fingerprint density at radius 1 is 1.24 bits per heavy atom. The molecule has 0 spiro atoms. The minimum Gasteiger partial charge on any atom is -0.491 e. The Hall–Kier alpha value is -3.59. The van der Waals surface area contributed by atoms with Gasteiger partial charge < -0.3 is 26.1 Å². The largest absolute Gasteiger partial charge is 0.491 e. The van der Waals surface area contributed by atoms with Crippen molar-refractivity contribution in [1.29, 1.82) is 0 Å². The second kappa shape index (κ2) is 10.1. The molecule has 0 radical (unpaired) electrons. The van der Waals surface area contributed by atoms with Crippen molar-refractivity contribution < 1.29 is 18.7 Å². The van der Waals surface area contributed by atoms with Gasteiger partial charge in [-0.1, -0.05) is 30.3 Å². The Balaban J connectivity index is 0.000000207. The predicted molar refractivity (Wildman–Crippen MR) is 108 cm³/mol. The Labute approximate surface area is 168 Å². The Kier molecular flexibility index (Phi) is 7.55. The highest BCUT2D eigenvalue weighted by Gasteiger charge is 2.19. The minimum atomic E-state index is -0.682. The number of benzene rings is 2. The molecule has 0 atom stereocenters. The number of carbonyl (C=O) groups excluding carboxylic acids is 2. The van der Waals surface area contributed by atoms with Crippen LogP contribution >= 0.6 is 0 Å². The molecule has 0 saturated carbocycles. The molecule has 8 nitrogen and oxygen atoms in total. The summed E-state index contributed by atoms with van der Waals surface area (Å²) in [4.78, 5) is 23.5. The third kappa shape index (κ3) is 6.51. The van der Waals surface area contributed by atoms with Crippen LogP contribution in [0, 0.1) is 5.82 Å². The lowest BCUT2D eigenvalue weighted by molar-refractivity contribution is -0.118. The quantitative estimate of drug-likeness (QED) is 0.401. The molecule has 29 heavy (non-hydrogen) atoms. The van der Waals surface area contributed by atoms with Crippen molar-refractivity contribution in [3.05, 3.63) is 71.8 Å². The molecule has 154 valence electrons. The summed E-state index contributed by atoms with van der Waals surface area (Å²) in [6.45, 7) is 0.816. The number of halogens is 1. The monoisotopic (exact) mass is 401 g/mol. The fourth-order valence-corrected chi connectivity index (χ4v) is 2.51. The molecule has 1 aliphatic rings. The average molecular weight is 401 g/mol. The van der Waals surface area contributed by atoms with Crippen molar-refractivity contribution in [1.82, 2.24) is 5.01 Å². The number of primary amides is 1. The van der Waals surface area contributed by atoms with Crippen molar-refractivity contribution in [3.8, 4) is 5.75 Å². The molecule has 0 unspecified atom stereocenters. The van der Waals surface area contributed by atoms with Crippen LogP contribution in [0.3, 0.4) is 0 Å². The van der Waals surface area contributed by atoms with Gasteiger partial charge in [-0.2, -0.15) is 0 Å². The molecule has 0 aliphatic carbocycles. The molecule has 0 bridgehead atoms. The molecule has 1 heterocycles. The summed E-state index contributed by atoms with van der Waals surface area (Å²) >= 11 is 0. The lowest BCUT2D eigenvalue weighted by Crippen LogP contribution is -2.29. The number of carbonyl (C=O) groups is 2. The van der Waals surface area contributed by atoms with Gasteiger partial charge in [0.15, 0.2) is 0 Å². The lowest BCUT2D eigenvalue weighted by Gasteiger charge is -2.15. The minimum absolute atomic E-state index is 0.0608. The molecule has 2 aromatic carbocycles. The summed E-state index contributed by atoms with van der Waals surface area (Å²) in [5.41, 5.74) is 11.8. The predicted octanol–water partition coefficient (Wildman–Crippen LogP) is 1.22. The Morgan fingerprint density at radius 3 is 2.59 bits per heavy atom. The number of nitrogens with two attached hydrogens (primary N) is 3. The molecular weight excluding hydrogens is 377 g/mol. The van der Waals surface area contributed by atoms with Crippen LogP contribution in [-0.4, -0.2) is 30.5 Å². The molecule has 2 amide bonds. The van der Waals surface area contributed by atoms with Crippen LogP contribution in [0.25, 0.3) is 0 Å². The van der Waals surface area contributed by atoms with Gasteiger partial charge in [-0.15, -0.1) is 0 Å². The maximum Gasteiger partial charge on any atom is 0.266 e. The van der Waals surface area contributed by atoms with Crippen molar-refractivity contribution >= 4 is 17.5 Å². The topological polar surface area (TPSA) is 128 Å². The fraction of sp³-hybridized carbons (Fsp3) is 0.200. The smallest absolute Gasteiger partial charge is 0.266 e. The molecule has 0 aromatic heterocycles. The highest BCUT2D eigenvalue weighted by Crippen LogP contribution is 2.30. The third-order valence-corrected chi connectivity index (χ3v) is 4.03. The van der Waals surface area contributed by atoms with E-state index >= 15 is 0 Å². The number of amides is 2. The van der Waals surface area contributed by atoms with E-state index < -0.39 is 5.91 Å². The van der Waals surface area contributed by atoms with Crippen LogP contribution < -0.4 is 26.9 Å². The van der Waals surface area contributed by atoms with Crippen LogP contribution in [0.1, 0.15) is 12.0 Å². The second-order valence-corrected chi connectivity index (χ2v) is 6.27. The van der Waals surface area contributed by atoms with E-state index in [4.69, 9.17) is 22.0 Å². The zero-order chi connectivity index (χ0) is 21.4. The number of anilines is 1. The van der Waals surface area contributed by atoms with Crippen LogP contribution in [0.5, 0.6) is 5.75 Å². The number of rotatable bonds is 4. The summed E-state index contributed by atoms with van der Waals surface area (Å²) < 4.78 is 18.2. The molecule has 9 heteroatoms. The number of hydrazine groups is 1. The number of fused-ring (bicyclic) bond motifs is 1. The number of ether oxygens (including phenoxy) is 1. The van der Waals surface area contributed by atoms with E-state index in [1.807, 2.05) is 30.3 Å². The van der Waals surface area contributed by atoms with E-state index in [2.05, 4.69) is 0 Å². The maximum atomic E-state index is 12.9. The standard InChI is InChI=1S/C10H10FNO2.C10H14N4O/c1-12-8-6-7(11)2-3-9(8)14-5-4-10(12)13;11-9(10(12)15)7-14(13)6-8-4-2-1-3-5-8/h2-3,6H,4-5H2,1H3;1-5,7H,6,11,13H2,(H2,12,15)/b;9-7-. The summed E-state index contributed by atoms with van der Waals surface area (Å²) in [6.07, 6.45) is 1.64. The van der Waals surface area contributed by atoms with Crippen LogP contribution in [0.4, 0.5) is 10.1 Å². The average Bonchev–Trinajstić information content (AvgIpc) is 2.82. The SMILES string of the molecule is CN1C(=O)CCOc2ccc(F)cc21.NC(=O)/C(N)=C/N(N)Cc1ccccc1. The van der Waals surface area contributed by atoms with Crippen LogP contribution in [0.15, 0.2) is 60.4 Å². The number of nitrogens with zero attached hydrogens (tertiary/aromatic N) is 2. The van der Waals surface area contributed by atoms with Gasteiger partial charge >= 0.3 is 0 Å². The fourth-order valence-electron chi connectivity index (χ4n) is 2.51. The van der Waals surface area contributed by atoms with E-state index in [1.165, 1.54) is 28.2 Å². The zero-order valence-electron chi connectivity index (χ0n) is 16.0. The van der Waals surface area contributed by atoms with Crippen molar-refractivity contribution in [2.45, 2.75) is 13.0 Å². The molecular formula is C20H24FN5O3. The normalized spacial score (nSPS) is 13.4. The van der Waals surface area contributed by atoms with Crippen molar-refractivity contribution in [2.75, 3.05) is 18.6 Å². The third-order valence-electron chi connectivity index (χ3n) is 4.03. The summed E-state index contributed by atoms with van der Waals surface area (Å²) in [5, 5.41) is 1.31. The van der Waals surface area contributed by atoms with Crippen molar-refractivity contribution in [3.63, 3.8) is 0 Å². The van der Waals surface area contributed by atoms with Crippen molar-refractivity contribution in [2.24, 2.45) is 17.3 Å². The van der Waals surface area contributed by atoms with E-state index in [-0.39, 0.29) is 17.4 Å². The van der Waals surface area contributed by atoms with Gasteiger partial charge in [0.2, 0.25) is 5.91 Å². The van der Waals surface area contributed by atoms with Gasteiger partial charge in [0.05, 0.1) is 25.3 Å². The van der Waals surface area contributed by atoms with E-state index in [9.17, 15) is 14.0 Å². The van der Waals surface area contributed by atoms with E-state index in [0.29, 0.717) is 31.0 Å². The highest BCUT2D eigenvalue weighted by atomic mass is 19.1. The molecule has 6 N–H and O–H groups in total. The van der Waals surface area contributed by atoms with Gasteiger partial charge in [-0.05, 0) is 17.7 Å². The molecule has 1 aliphatic heterocycles. The van der Waals surface area contributed by atoms with Crippen LogP contribution in [-0.2, 0) is 16.1 Å². The molecule has 3 rings (SSSR count). The summed E-state index contributed by atoms with van der Waals surface area (Å²) in [7, 11) is 1.62. The van der Waals surface area contributed by atoms with Gasteiger partial charge in [-0.3, -0.25) is 9.59 Å². The number of hydrogen-bond donors (Lipinski definition) is 3. The maximum absolute atomic E-state index is 12.9. The lowest BCUT2D eigenvalue weighted by atomic mass is 10.2. The first kappa shape index (κ1) is 21.7. The Morgan fingerprint density at radius 2 is 1.93 bits per heavy atom. The Bertz CT molecular complexity index is 889. The van der Waals surface area contributed by atoms with Gasteiger partial charge in [0.1, 0.15) is 17.3 Å². The molecule has 0 saturated heterocycles. The van der Waals surface area contributed by atoms with E-state index in [1.54, 1.807) is 13.1 Å². The first-order chi connectivity index (χ1) is 13.8. The first-order valence-electron chi connectivity index (χ1n) is 8.79. The van der Waals surface area contributed by atoms with Gasteiger partial charge in [0, 0.05) is 19.3 Å². The van der Waals surface area contributed by atoms with Crippen LogP contribution in [0.2, 0.25) is 0 Å². The highest BCUT2D eigenvalue weighted by molar-refractivity contribution is 5.95. The summed E-state index contributed by atoms with van der Waals surface area (Å²) in [6, 6.07) is 13.7. The summed E-state index contributed by atoms with van der Waals surface area (Å²) in [5.74, 6) is 5.06. The van der Waals surface area contributed by atoms with Gasteiger partial charge in [-0.25, -0.2) is 10.2 Å². The molecule has 2 aromatic rings. The zero-order valence-corrected chi connectivity index (χ0v) is 16.0. The first-order valence-corrected chi connectivity index (χ1v) is 8.79. The molecule has 0 fully saturated rings. The van der Waals surface area contributed by atoms with Gasteiger partial charge in [0.25, 0.3) is 5.91 Å². The second-order valence-electron chi connectivity index (χ2n) is 6.27. The van der Waals surface area contributed by atoms with E-state index in [0.717, 1.165) is 5.56 Å².